The molecule has 0 aliphatic carbocycles. The van der Waals surface area contributed by atoms with Gasteiger partial charge < -0.3 is 10.2 Å². The zero-order valence-electron chi connectivity index (χ0n) is 16.8. The number of carboxylic acid groups (broad SMARTS) is 1. The van der Waals surface area contributed by atoms with E-state index in [0.29, 0.717) is 8.73 Å². The predicted octanol–water partition coefficient (Wildman–Crippen LogP) is 5.65. The van der Waals surface area contributed by atoms with Crippen LogP contribution >= 0.6 is 8.73 Å². The van der Waals surface area contributed by atoms with E-state index in [2.05, 4.69) is 24.2 Å². The van der Waals surface area contributed by atoms with E-state index in [9.17, 15) is 4.79 Å². The van der Waals surface area contributed by atoms with E-state index in [1.165, 1.54) is 83.5 Å². The van der Waals surface area contributed by atoms with E-state index < -0.39 is 12.0 Å². The second-order valence-corrected chi connectivity index (χ2v) is 8.22. The molecule has 0 radical (unpaired) electrons. The summed E-state index contributed by atoms with van der Waals surface area (Å²) < 4.78 is 0. The third-order valence-corrected chi connectivity index (χ3v) is 5.73. The molecular weight excluding hydrogens is 345 g/mol. The first-order valence-corrected chi connectivity index (χ1v) is 11.9. The molecule has 26 heavy (non-hydrogen) atoms. The van der Waals surface area contributed by atoms with Crippen molar-refractivity contribution >= 4 is 14.7 Å². The summed E-state index contributed by atoms with van der Waals surface area (Å²) in [6, 6.07) is -0.803. The quantitative estimate of drug-likeness (QED) is 0.143. The van der Waals surface area contributed by atoms with Crippen molar-refractivity contribution in [3.63, 3.8) is 0 Å². The van der Waals surface area contributed by atoms with Gasteiger partial charge in [0.15, 0.2) is 0 Å². The number of carbonyl (C=O) groups is 1. The van der Waals surface area contributed by atoms with Crippen LogP contribution in [0.25, 0.3) is 0 Å². The molecule has 0 bridgehead atoms. The Kier molecular flexibility index (Phi) is 20.5. The van der Waals surface area contributed by atoms with Gasteiger partial charge in [-0.25, -0.2) is 0 Å². The van der Waals surface area contributed by atoms with Crippen molar-refractivity contribution in [2.75, 3.05) is 12.8 Å². The van der Waals surface area contributed by atoms with Crippen molar-refractivity contribution in [2.45, 2.75) is 103 Å². The molecule has 0 aliphatic heterocycles. The summed E-state index contributed by atoms with van der Waals surface area (Å²) in [7, 11) is 0.423. The Balaban J connectivity index is 3.19. The minimum Gasteiger partial charge on any atom is -0.480 e. The maximum absolute atomic E-state index is 10.7. The highest BCUT2D eigenvalue weighted by Gasteiger charge is 2.13. The van der Waals surface area contributed by atoms with Crippen LogP contribution in [0.4, 0.5) is 0 Å². The molecule has 0 saturated heterocycles. The normalized spacial score (nSPS) is 13.2. The number of allylic oxidation sites excluding steroid dienone is 2. The van der Waals surface area contributed by atoms with E-state index >= 15 is 0 Å². The molecule has 2 atom stereocenters. The van der Waals surface area contributed by atoms with E-state index in [1.54, 1.807) is 0 Å². The lowest BCUT2D eigenvalue weighted by Gasteiger charge is -2.10. The summed E-state index contributed by atoms with van der Waals surface area (Å²) in [5.41, 5.74) is 0. The largest absolute Gasteiger partial charge is 0.480 e. The maximum Gasteiger partial charge on any atom is 0.323 e. The molecule has 0 fully saturated rings. The van der Waals surface area contributed by atoms with Crippen molar-refractivity contribution in [1.29, 1.82) is 0 Å². The smallest absolute Gasteiger partial charge is 0.323 e. The maximum atomic E-state index is 10.7. The molecule has 5 heteroatoms. The predicted molar refractivity (Wildman–Crippen MR) is 114 cm³/mol. The first-order chi connectivity index (χ1) is 12.7. The Labute approximate surface area is 163 Å². The SMILES string of the molecule is CCCCCCCC/C=C\CCCCCCCCPNC(CO)C(=O)O. The first-order valence-electron chi connectivity index (χ1n) is 10.7. The molecule has 0 rings (SSSR count). The van der Waals surface area contributed by atoms with Crippen molar-refractivity contribution in [2.24, 2.45) is 0 Å². The number of unbranched alkanes of at least 4 members (excludes halogenated alkanes) is 12. The monoisotopic (exact) mass is 387 g/mol. The fourth-order valence-electron chi connectivity index (χ4n) is 2.84. The van der Waals surface area contributed by atoms with Crippen LogP contribution in [0, 0.1) is 0 Å². The Morgan fingerprint density at radius 3 is 1.88 bits per heavy atom. The molecule has 0 amide bonds. The van der Waals surface area contributed by atoms with Crippen LogP contribution in [0.15, 0.2) is 12.2 Å². The second kappa shape index (κ2) is 20.9. The van der Waals surface area contributed by atoms with Crippen LogP contribution < -0.4 is 5.09 Å². The van der Waals surface area contributed by atoms with Crippen LogP contribution in [-0.4, -0.2) is 35.0 Å². The average molecular weight is 388 g/mol. The van der Waals surface area contributed by atoms with Crippen LogP contribution in [0.5, 0.6) is 0 Å². The third kappa shape index (κ3) is 18.4. The summed E-state index contributed by atoms with van der Waals surface area (Å²) in [5.74, 6) is -0.971. The zero-order valence-corrected chi connectivity index (χ0v) is 17.8. The minimum absolute atomic E-state index is 0.338. The highest BCUT2D eigenvalue weighted by molar-refractivity contribution is 7.35. The van der Waals surface area contributed by atoms with E-state index in [1.807, 2.05) is 0 Å². The summed E-state index contributed by atoms with van der Waals surface area (Å²) in [6.07, 6.45) is 24.0. The summed E-state index contributed by atoms with van der Waals surface area (Å²) in [4.78, 5) is 10.7. The molecule has 0 heterocycles. The number of aliphatic carboxylic acids is 1. The number of nitrogens with one attached hydrogen (secondary N) is 1. The van der Waals surface area contributed by atoms with Crippen LogP contribution in [0.2, 0.25) is 0 Å². The topological polar surface area (TPSA) is 69.6 Å². The van der Waals surface area contributed by atoms with Gasteiger partial charge >= 0.3 is 5.97 Å². The van der Waals surface area contributed by atoms with Crippen LogP contribution in [0.3, 0.4) is 0 Å². The van der Waals surface area contributed by atoms with Gasteiger partial charge in [0.05, 0.1) is 6.61 Å². The fraction of sp³-hybridized carbons (Fsp3) is 0.857. The Bertz CT molecular complexity index is 337. The Morgan fingerprint density at radius 2 is 1.38 bits per heavy atom. The highest BCUT2D eigenvalue weighted by Crippen LogP contribution is 2.13. The molecular formula is C21H42NO3P. The van der Waals surface area contributed by atoms with E-state index in [0.717, 1.165) is 12.6 Å². The fourth-order valence-corrected chi connectivity index (χ4v) is 3.87. The van der Waals surface area contributed by atoms with Gasteiger partial charge in [-0.3, -0.25) is 9.88 Å². The number of hydrogen-bond acceptors (Lipinski definition) is 3. The van der Waals surface area contributed by atoms with Crippen molar-refractivity contribution < 1.29 is 15.0 Å². The van der Waals surface area contributed by atoms with Crippen molar-refractivity contribution in [1.82, 2.24) is 5.09 Å². The molecule has 0 saturated carbocycles. The standard InChI is InChI=1S/C21H42NO3P/c1-2-3-4-5-6-7-8-9-10-11-12-13-14-15-16-17-18-26-22-20(19-23)21(24)25/h9-10,20,22-23,26H,2-8,11-19H2,1H3,(H,24,25)/b10-9-. The van der Waals surface area contributed by atoms with Gasteiger partial charge in [0.1, 0.15) is 6.04 Å². The van der Waals surface area contributed by atoms with Crippen LogP contribution in [0.1, 0.15) is 96.8 Å². The number of aliphatic hydroxyl groups excluding tert-OH is 1. The van der Waals surface area contributed by atoms with Gasteiger partial charge in [-0.1, -0.05) is 85.6 Å². The Hall–Kier alpha value is -0.440. The lowest BCUT2D eigenvalue weighted by atomic mass is 10.1. The lowest BCUT2D eigenvalue weighted by Crippen LogP contribution is -2.35. The lowest BCUT2D eigenvalue weighted by molar-refractivity contribution is -0.139. The molecule has 0 aromatic carbocycles. The van der Waals surface area contributed by atoms with Gasteiger partial charge in [-0.05, 0) is 38.3 Å². The second-order valence-electron chi connectivity index (χ2n) is 7.08. The molecule has 154 valence electrons. The molecule has 0 aromatic rings. The molecule has 3 N–H and O–H groups in total. The number of rotatable bonds is 20. The van der Waals surface area contributed by atoms with Crippen molar-refractivity contribution in [3.8, 4) is 0 Å². The van der Waals surface area contributed by atoms with Crippen LogP contribution in [-0.2, 0) is 4.79 Å². The van der Waals surface area contributed by atoms with Gasteiger partial charge in [-0.2, -0.15) is 0 Å². The molecule has 0 spiro atoms. The number of carboxylic acids is 1. The molecule has 0 aliphatic rings. The highest BCUT2D eigenvalue weighted by atomic mass is 31.1. The first kappa shape index (κ1) is 25.6. The number of hydrogen-bond donors (Lipinski definition) is 3. The van der Waals surface area contributed by atoms with Gasteiger partial charge in [0, 0.05) is 0 Å². The zero-order chi connectivity index (χ0) is 19.3. The van der Waals surface area contributed by atoms with E-state index in [4.69, 9.17) is 10.2 Å². The molecule has 4 nitrogen and oxygen atoms in total. The van der Waals surface area contributed by atoms with E-state index in [-0.39, 0.29) is 6.61 Å². The van der Waals surface area contributed by atoms with Gasteiger partial charge in [0.25, 0.3) is 0 Å². The summed E-state index contributed by atoms with van der Waals surface area (Å²) >= 11 is 0. The summed E-state index contributed by atoms with van der Waals surface area (Å²) in [5, 5.41) is 20.6. The Morgan fingerprint density at radius 1 is 0.885 bits per heavy atom. The van der Waals surface area contributed by atoms with Gasteiger partial charge in [0.2, 0.25) is 0 Å². The average Bonchev–Trinajstić information content (AvgIpc) is 2.63. The molecule has 0 aromatic heterocycles. The van der Waals surface area contributed by atoms with Gasteiger partial charge in [-0.15, -0.1) is 0 Å². The number of aliphatic hydroxyl groups is 1. The van der Waals surface area contributed by atoms with Crippen molar-refractivity contribution in [3.05, 3.63) is 12.2 Å². The minimum atomic E-state index is -0.971. The summed E-state index contributed by atoms with van der Waals surface area (Å²) in [6.45, 7) is 1.93. The third-order valence-electron chi connectivity index (χ3n) is 4.57. The molecule has 2 unspecified atom stereocenters.